The summed E-state index contributed by atoms with van der Waals surface area (Å²) < 4.78 is 0. The molecule has 2 amide bonds. The Morgan fingerprint density at radius 3 is 2.26 bits per heavy atom. The summed E-state index contributed by atoms with van der Waals surface area (Å²) in [6, 6.07) is 26.2. The molecule has 0 spiro atoms. The molecule has 27 heavy (non-hydrogen) atoms. The van der Waals surface area contributed by atoms with E-state index < -0.39 is 0 Å². The van der Waals surface area contributed by atoms with Crippen LogP contribution in [0.5, 0.6) is 0 Å². The third-order valence-electron chi connectivity index (χ3n) is 3.91. The van der Waals surface area contributed by atoms with Crippen molar-refractivity contribution in [1.29, 1.82) is 0 Å². The summed E-state index contributed by atoms with van der Waals surface area (Å²) in [5, 5.41) is 5.65. The number of anilines is 1. The first kappa shape index (κ1) is 18.1. The summed E-state index contributed by atoms with van der Waals surface area (Å²) in [4.78, 5) is 24.4. The van der Waals surface area contributed by atoms with Crippen LogP contribution in [0, 0.1) is 0 Å². The summed E-state index contributed by atoms with van der Waals surface area (Å²) in [5.41, 5.74) is 3.05. The summed E-state index contributed by atoms with van der Waals surface area (Å²) in [6.45, 7) is 0.454. The van der Waals surface area contributed by atoms with Gasteiger partial charge in [-0.2, -0.15) is 0 Å². The maximum Gasteiger partial charge on any atom is 0.251 e. The van der Waals surface area contributed by atoms with E-state index in [9.17, 15) is 9.59 Å². The molecular weight excluding hydrogens is 336 g/mol. The zero-order valence-corrected chi connectivity index (χ0v) is 14.8. The second-order valence-electron chi connectivity index (χ2n) is 5.98. The van der Waals surface area contributed by atoms with Crippen molar-refractivity contribution >= 4 is 23.6 Å². The second kappa shape index (κ2) is 9.15. The lowest BCUT2D eigenvalue weighted by Gasteiger charge is -2.07. The van der Waals surface area contributed by atoms with Crippen molar-refractivity contribution in [2.75, 3.05) is 5.32 Å². The Labute approximate surface area is 158 Å². The first-order valence-electron chi connectivity index (χ1n) is 8.67. The van der Waals surface area contributed by atoms with Gasteiger partial charge in [0.15, 0.2) is 0 Å². The lowest BCUT2D eigenvalue weighted by Crippen LogP contribution is -2.22. The van der Waals surface area contributed by atoms with Gasteiger partial charge in [-0.05, 0) is 35.4 Å². The van der Waals surface area contributed by atoms with Gasteiger partial charge in [-0.25, -0.2) is 0 Å². The van der Waals surface area contributed by atoms with Gasteiger partial charge in [-0.1, -0.05) is 66.7 Å². The Bertz CT molecular complexity index is 935. The zero-order chi connectivity index (χ0) is 18.9. The molecule has 0 saturated carbocycles. The number of hydrogen-bond acceptors (Lipinski definition) is 2. The fraction of sp³-hybridized carbons (Fsp3) is 0.0435. The van der Waals surface area contributed by atoms with Crippen LogP contribution in [0.3, 0.4) is 0 Å². The van der Waals surface area contributed by atoms with Crippen LogP contribution in [0.2, 0.25) is 0 Å². The van der Waals surface area contributed by atoms with E-state index in [-0.39, 0.29) is 11.8 Å². The van der Waals surface area contributed by atoms with Gasteiger partial charge in [-0.15, -0.1) is 0 Å². The fourth-order valence-electron chi connectivity index (χ4n) is 2.54. The molecule has 0 radical (unpaired) electrons. The smallest absolute Gasteiger partial charge is 0.251 e. The normalized spacial score (nSPS) is 10.5. The molecule has 3 rings (SSSR count). The van der Waals surface area contributed by atoms with Crippen molar-refractivity contribution in [3.8, 4) is 0 Å². The highest BCUT2D eigenvalue weighted by molar-refractivity contribution is 6.03. The summed E-state index contributed by atoms with van der Waals surface area (Å²) in [7, 11) is 0. The minimum Gasteiger partial charge on any atom is -0.348 e. The molecule has 0 heterocycles. The highest BCUT2D eigenvalue weighted by atomic mass is 16.2. The molecule has 2 N–H and O–H groups in total. The quantitative estimate of drug-likeness (QED) is 0.648. The first-order chi connectivity index (χ1) is 13.2. The average Bonchev–Trinajstić information content (AvgIpc) is 2.72. The van der Waals surface area contributed by atoms with E-state index in [0.717, 1.165) is 11.1 Å². The van der Waals surface area contributed by atoms with Crippen molar-refractivity contribution in [2.45, 2.75) is 6.54 Å². The lowest BCUT2D eigenvalue weighted by atomic mass is 10.1. The number of nitrogens with one attached hydrogen (secondary N) is 2. The minimum absolute atomic E-state index is 0.185. The van der Waals surface area contributed by atoms with Crippen LogP contribution >= 0.6 is 0 Å². The largest absolute Gasteiger partial charge is 0.348 e. The van der Waals surface area contributed by atoms with E-state index in [1.807, 2.05) is 60.7 Å². The molecule has 0 fully saturated rings. The number of amides is 2. The lowest BCUT2D eigenvalue weighted by molar-refractivity contribution is -0.111. The molecular formula is C23H20N2O2. The van der Waals surface area contributed by atoms with Crippen LogP contribution in [0.25, 0.3) is 6.08 Å². The molecule has 4 heteroatoms. The molecule has 0 bridgehead atoms. The van der Waals surface area contributed by atoms with Gasteiger partial charge in [0.25, 0.3) is 5.91 Å². The first-order valence-corrected chi connectivity index (χ1v) is 8.67. The second-order valence-corrected chi connectivity index (χ2v) is 5.98. The van der Waals surface area contributed by atoms with Crippen molar-refractivity contribution < 1.29 is 9.59 Å². The molecule has 0 aliphatic heterocycles. The Hall–Kier alpha value is -3.66. The van der Waals surface area contributed by atoms with Crippen molar-refractivity contribution in [2.24, 2.45) is 0 Å². The van der Waals surface area contributed by atoms with E-state index in [1.54, 1.807) is 30.3 Å². The molecule has 0 aromatic heterocycles. The Balaban J connectivity index is 1.58. The van der Waals surface area contributed by atoms with Gasteiger partial charge in [0, 0.05) is 23.9 Å². The summed E-state index contributed by atoms with van der Waals surface area (Å²) in [6.07, 6.45) is 3.21. The SMILES string of the molecule is O=C(/C=C/c1ccccc1)Nc1cccc(C(=O)NCc2ccccc2)c1. The summed E-state index contributed by atoms with van der Waals surface area (Å²) >= 11 is 0. The minimum atomic E-state index is -0.249. The molecule has 134 valence electrons. The highest BCUT2D eigenvalue weighted by Crippen LogP contribution is 2.11. The van der Waals surface area contributed by atoms with E-state index >= 15 is 0 Å². The predicted molar refractivity (Wildman–Crippen MR) is 108 cm³/mol. The monoisotopic (exact) mass is 356 g/mol. The van der Waals surface area contributed by atoms with Gasteiger partial charge >= 0.3 is 0 Å². The van der Waals surface area contributed by atoms with Crippen LogP contribution in [0.1, 0.15) is 21.5 Å². The predicted octanol–water partition coefficient (Wildman–Crippen LogP) is 4.27. The molecule has 0 saturated heterocycles. The highest BCUT2D eigenvalue weighted by Gasteiger charge is 2.07. The average molecular weight is 356 g/mol. The van der Waals surface area contributed by atoms with Gasteiger partial charge in [-0.3, -0.25) is 9.59 Å². The molecule has 4 nitrogen and oxygen atoms in total. The number of benzene rings is 3. The van der Waals surface area contributed by atoms with E-state index in [4.69, 9.17) is 0 Å². The van der Waals surface area contributed by atoms with E-state index in [2.05, 4.69) is 10.6 Å². The summed E-state index contributed by atoms with van der Waals surface area (Å²) in [5.74, 6) is -0.435. The number of rotatable bonds is 6. The third-order valence-corrected chi connectivity index (χ3v) is 3.91. The van der Waals surface area contributed by atoms with Crippen LogP contribution in [-0.4, -0.2) is 11.8 Å². The van der Waals surface area contributed by atoms with Gasteiger partial charge in [0.1, 0.15) is 0 Å². The maximum atomic E-state index is 12.3. The van der Waals surface area contributed by atoms with Gasteiger partial charge in [0.2, 0.25) is 5.91 Å². The maximum absolute atomic E-state index is 12.3. The molecule has 0 aliphatic rings. The van der Waals surface area contributed by atoms with E-state index in [1.165, 1.54) is 6.08 Å². The zero-order valence-electron chi connectivity index (χ0n) is 14.8. The van der Waals surface area contributed by atoms with E-state index in [0.29, 0.717) is 17.8 Å². The topological polar surface area (TPSA) is 58.2 Å². The molecule has 3 aromatic carbocycles. The van der Waals surface area contributed by atoms with Gasteiger partial charge < -0.3 is 10.6 Å². The van der Waals surface area contributed by atoms with Gasteiger partial charge in [0.05, 0.1) is 0 Å². The van der Waals surface area contributed by atoms with Crippen LogP contribution in [-0.2, 0) is 11.3 Å². The Morgan fingerprint density at radius 1 is 0.815 bits per heavy atom. The fourth-order valence-corrected chi connectivity index (χ4v) is 2.54. The van der Waals surface area contributed by atoms with Crippen LogP contribution < -0.4 is 10.6 Å². The molecule has 0 atom stereocenters. The number of carbonyl (C=O) groups excluding carboxylic acids is 2. The van der Waals surface area contributed by atoms with Crippen LogP contribution in [0.4, 0.5) is 5.69 Å². The van der Waals surface area contributed by atoms with Crippen molar-refractivity contribution in [3.05, 3.63) is 108 Å². The standard InChI is InChI=1S/C23H20N2O2/c26-22(15-14-18-8-3-1-4-9-18)25-21-13-7-12-20(16-21)23(27)24-17-19-10-5-2-6-11-19/h1-16H,17H2,(H,24,27)(H,25,26)/b15-14+. The third kappa shape index (κ3) is 5.68. The Kier molecular flexibility index (Phi) is 6.15. The van der Waals surface area contributed by atoms with Crippen LogP contribution in [0.15, 0.2) is 91.0 Å². The Morgan fingerprint density at radius 2 is 1.52 bits per heavy atom. The van der Waals surface area contributed by atoms with Crippen molar-refractivity contribution in [1.82, 2.24) is 5.32 Å². The number of carbonyl (C=O) groups is 2. The molecule has 0 aliphatic carbocycles. The van der Waals surface area contributed by atoms with Crippen molar-refractivity contribution in [3.63, 3.8) is 0 Å². The molecule has 3 aromatic rings. The number of hydrogen-bond donors (Lipinski definition) is 2. The molecule has 0 unspecified atom stereocenters.